The Balaban J connectivity index is 1.80. The topological polar surface area (TPSA) is 102 Å². The highest BCUT2D eigenvalue weighted by molar-refractivity contribution is 7.89. The van der Waals surface area contributed by atoms with Crippen molar-refractivity contribution in [3.05, 3.63) is 24.3 Å². The molecule has 0 bridgehead atoms. The van der Waals surface area contributed by atoms with E-state index in [-0.39, 0.29) is 19.0 Å². The molecule has 4 N–H and O–H groups in total. The summed E-state index contributed by atoms with van der Waals surface area (Å²) in [6, 6.07) is 6.75. The van der Waals surface area contributed by atoms with Gasteiger partial charge in [-0.3, -0.25) is 0 Å². The molecule has 1 fully saturated rings. The van der Waals surface area contributed by atoms with Crippen LogP contribution in [0.4, 0.5) is 5.69 Å². The van der Waals surface area contributed by atoms with E-state index in [1.165, 1.54) is 0 Å². The fourth-order valence-electron chi connectivity index (χ4n) is 1.66. The summed E-state index contributed by atoms with van der Waals surface area (Å²) >= 11 is 0. The highest BCUT2D eigenvalue weighted by Crippen LogP contribution is 2.35. The van der Waals surface area contributed by atoms with Crippen LogP contribution in [0.25, 0.3) is 0 Å². The molecule has 0 heterocycles. The molecule has 0 radical (unpaired) electrons. The second-order valence-corrected chi connectivity index (χ2v) is 6.62. The number of ether oxygens (including phenoxy) is 1. The predicted octanol–water partition coefficient (Wildman–Crippen LogP) is 0.0919. The smallest absolute Gasteiger partial charge is 0.215 e. The number of anilines is 1. The van der Waals surface area contributed by atoms with Crippen molar-refractivity contribution in [2.75, 3.05) is 24.7 Å². The lowest BCUT2D eigenvalue weighted by atomic mass is 10.3. The van der Waals surface area contributed by atoms with Crippen LogP contribution < -0.4 is 15.2 Å². The van der Waals surface area contributed by atoms with Crippen LogP contribution in [0.2, 0.25) is 0 Å². The molecule has 0 aromatic heterocycles. The van der Waals surface area contributed by atoms with Crippen molar-refractivity contribution < 1.29 is 18.3 Å². The molecule has 1 aliphatic carbocycles. The number of aliphatic hydroxyl groups is 1. The Morgan fingerprint density at radius 3 is 2.47 bits per heavy atom. The molecular weight excluding hydrogens is 268 g/mol. The van der Waals surface area contributed by atoms with Crippen molar-refractivity contribution in [2.24, 2.45) is 0 Å². The number of sulfonamides is 1. The highest BCUT2D eigenvalue weighted by Gasteiger charge is 2.45. The van der Waals surface area contributed by atoms with Crippen molar-refractivity contribution >= 4 is 15.7 Å². The van der Waals surface area contributed by atoms with E-state index in [0.29, 0.717) is 24.3 Å². The maximum absolute atomic E-state index is 11.8. The van der Waals surface area contributed by atoms with E-state index in [2.05, 4.69) is 4.72 Å². The van der Waals surface area contributed by atoms with Crippen LogP contribution in [0.15, 0.2) is 24.3 Å². The maximum Gasteiger partial charge on any atom is 0.215 e. The number of rotatable bonds is 7. The molecule has 19 heavy (non-hydrogen) atoms. The summed E-state index contributed by atoms with van der Waals surface area (Å²) < 4.78 is 31.4. The Labute approximate surface area is 112 Å². The first-order chi connectivity index (χ1) is 8.95. The van der Waals surface area contributed by atoms with E-state index >= 15 is 0 Å². The quantitative estimate of drug-likeness (QED) is 0.617. The lowest BCUT2D eigenvalue weighted by Crippen LogP contribution is -2.41. The second-order valence-electron chi connectivity index (χ2n) is 4.78. The largest absolute Gasteiger partial charge is 0.492 e. The first kappa shape index (κ1) is 14.1. The van der Waals surface area contributed by atoms with Crippen LogP contribution in [0.3, 0.4) is 0 Å². The number of nitrogens with two attached hydrogens (primary N) is 1. The molecule has 1 aliphatic rings. The lowest BCUT2D eigenvalue weighted by Gasteiger charge is -2.14. The molecule has 6 nitrogen and oxygen atoms in total. The Hall–Kier alpha value is -1.31. The molecule has 7 heteroatoms. The van der Waals surface area contributed by atoms with E-state index in [1.54, 1.807) is 24.3 Å². The van der Waals surface area contributed by atoms with Gasteiger partial charge in [-0.15, -0.1) is 0 Å². The van der Waals surface area contributed by atoms with E-state index in [4.69, 9.17) is 15.6 Å². The van der Waals surface area contributed by atoms with Gasteiger partial charge in [-0.05, 0) is 37.1 Å². The number of benzene rings is 1. The maximum atomic E-state index is 11.8. The average molecular weight is 286 g/mol. The van der Waals surface area contributed by atoms with Gasteiger partial charge in [0.05, 0.1) is 17.9 Å². The Kier molecular flexibility index (Phi) is 3.98. The van der Waals surface area contributed by atoms with E-state index in [0.717, 1.165) is 0 Å². The highest BCUT2D eigenvalue weighted by atomic mass is 32.2. The van der Waals surface area contributed by atoms with Gasteiger partial charge in [0.1, 0.15) is 12.4 Å². The van der Waals surface area contributed by atoms with Gasteiger partial charge in [-0.1, -0.05) is 0 Å². The summed E-state index contributed by atoms with van der Waals surface area (Å²) in [5, 5.41) is 9.08. The first-order valence-electron chi connectivity index (χ1n) is 6.06. The fraction of sp³-hybridized carbons (Fsp3) is 0.500. The third kappa shape index (κ3) is 4.09. The molecule has 0 aliphatic heterocycles. The number of nitrogen functional groups attached to an aromatic ring is 1. The van der Waals surface area contributed by atoms with E-state index in [9.17, 15) is 8.42 Å². The van der Waals surface area contributed by atoms with Gasteiger partial charge in [0.15, 0.2) is 0 Å². The summed E-state index contributed by atoms with van der Waals surface area (Å²) in [5.41, 5.74) is 5.53. The SMILES string of the molecule is Nc1ccc(OCCS(=O)(=O)NC2(CO)CC2)cc1. The summed E-state index contributed by atoms with van der Waals surface area (Å²) in [7, 11) is -3.43. The zero-order valence-corrected chi connectivity index (χ0v) is 11.3. The lowest BCUT2D eigenvalue weighted by molar-refractivity contribution is 0.246. The van der Waals surface area contributed by atoms with Crippen molar-refractivity contribution in [3.63, 3.8) is 0 Å². The molecule has 0 atom stereocenters. The summed E-state index contributed by atoms with van der Waals surface area (Å²) in [6.45, 7) is -0.105. The summed E-state index contributed by atoms with van der Waals surface area (Å²) in [4.78, 5) is 0. The van der Waals surface area contributed by atoms with Gasteiger partial charge in [0.25, 0.3) is 0 Å². The van der Waals surface area contributed by atoms with Gasteiger partial charge >= 0.3 is 0 Å². The standard InChI is InChI=1S/C12H18N2O4S/c13-10-1-3-11(4-2-10)18-7-8-19(16,17)14-12(9-15)5-6-12/h1-4,14-15H,5-9,13H2. The van der Waals surface area contributed by atoms with Gasteiger partial charge in [0.2, 0.25) is 10.0 Å². The molecule has 1 aromatic rings. The molecule has 0 amide bonds. The number of hydrogen-bond donors (Lipinski definition) is 3. The molecule has 1 saturated carbocycles. The molecule has 0 spiro atoms. The van der Waals surface area contributed by atoms with Crippen molar-refractivity contribution in [2.45, 2.75) is 18.4 Å². The van der Waals surface area contributed by atoms with E-state index in [1.807, 2.05) is 0 Å². The van der Waals surface area contributed by atoms with Gasteiger partial charge in [0, 0.05) is 5.69 Å². The minimum absolute atomic E-state index is 0.0563. The number of nitrogens with one attached hydrogen (secondary N) is 1. The Morgan fingerprint density at radius 1 is 1.32 bits per heavy atom. The van der Waals surface area contributed by atoms with Gasteiger partial charge < -0.3 is 15.6 Å². The van der Waals surface area contributed by atoms with E-state index < -0.39 is 15.6 Å². The van der Waals surface area contributed by atoms with Crippen LogP contribution in [-0.4, -0.2) is 38.0 Å². The van der Waals surface area contributed by atoms with Gasteiger partial charge in [-0.25, -0.2) is 13.1 Å². The van der Waals surface area contributed by atoms with Crippen LogP contribution >= 0.6 is 0 Å². The third-order valence-electron chi connectivity index (χ3n) is 3.03. The van der Waals surface area contributed by atoms with Crippen LogP contribution in [0.5, 0.6) is 5.75 Å². The van der Waals surface area contributed by atoms with Crippen LogP contribution in [-0.2, 0) is 10.0 Å². The summed E-state index contributed by atoms with van der Waals surface area (Å²) in [6.07, 6.45) is 1.36. The molecule has 106 valence electrons. The first-order valence-corrected chi connectivity index (χ1v) is 7.71. The minimum Gasteiger partial charge on any atom is -0.492 e. The number of hydrogen-bond acceptors (Lipinski definition) is 5. The molecule has 1 aromatic carbocycles. The van der Waals surface area contributed by atoms with Crippen molar-refractivity contribution in [3.8, 4) is 5.75 Å². The second kappa shape index (κ2) is 5.36. The zero-order chi connectivity index (χ0) is 13.9. The Morgan fingerprint density at radius 2 is 1.95 bits per heavy atom. The summed E-state index contributed by atoms with van der Waals surface area (Å²) in [5.74, 6) is 0.437. The monoisotopic (exact) mass is 286 g/mol. The average Bonchev–Trinajstić information content (AvgIpc) is 3.11. The zero-order valence-electron chi connectivity index (χ0n) is 10.5. The third-order valence-corrected chi connectivity index (χ3v) is 4.48. The minimum atomic E-state index is -3.43. The molecule has 0 unspecified atom stereocenters. The van der Waals surface area contributed by atoms with Crippen molar-refractivity contribution in [1.29, 1.82) is 0 Å². The van der Waals surface area contributed by atoms with Crippen LogP contribution in [0, 0.1) is 0 Å². The molecular formula is C12H18N2O4S. The fourth-order valence-corrected chi connectivity index (χ4v) is 2.99. The predicted molar refractivity (Wildman–Crippen MR) is 72.3 cm³/mol. The molecule has 2 rings (SSSR count). The van der Waals surface area contributed by atoms with Crippen LogP contribution in [0.1, 0.15) is 12.8 Å². The van der Waals surface area contributed by atoms with Crippen molar-refractivity contribution in [1.82, 2.24) is 4.72 Å². The Bertz CT molecular complexity index is 523. The molecule has 0 saturated heterocycles. The van der Waals surface area contributed by atoms with Gasteiger partial charge in [-0.2, -0.15) is 0 Å². The number of aliphatic hydroxyl groups excluding tert-OH is 1. The normalized spacial score (nSPS) is 17.1.